The van der Waals surface area contributed by atoms with Crippen LogP contribution in [0, 0.1) is 12.7 Å². The molecule has 1 amide bonds. The van der Waals surface area contributed by atoms with E-state index >= 15 is 0 Å². The molecule has 1 heterocycles. The predicted octanol–water partition coefficient (Wildman–Crippen LogP) is 4.48. The van der Waals surface area contributed by atoms with E-state index in [9.17, 15) is 9.18 Å². The van der Waals surface area contributed by atoms with Gasteiger partial charge in [-0.3, -0.25) is 9.69 Å². The highest BCUT2D eigenvalue weighted by molar-refractivity contribution is 5.94. The van der Waals surface area contributed by atoms with Gasteiger partial charge in [-0.1, -0.05) is 25.1 Å². The zero-order chi connectivity index (χ0) is 21.7. The molecule has 3 rings (SSSR count). The average molecular weight is 409 g/mol. The van der Waals surface area contributed by atoms with Gasteiger partial charge in [-0.15, -0.1) is 0 Å². The Morgan fingerprint density at radius 2 is 1.87 bits per heavy atom. The van der Waals surface area contributed by atoms with Crippen molar-refractivity contribution in [1.82, 2.24) is 19.8 Å². The smallest absolute Gasteiger partial charge is 0.251 e. The van der Waals surface area contributed by atoms with Crippen molar-refractivity contribution >= 4 is 5.91 Å². The normalized spacial score (nSPS) is 11.3. The van der Waals surface area contributed by atoms with Crippen molar-refractivity contribution in [3.05, 3.63) is 83.2 Å². The van der Waals surface area contributed by atoms with E-state index in [-0.39, 0.29) is 18.3 Å². The van der Waals surface area contributed by atoms with Gasteiger partial charge in [0.15, 0.2) is 0 Å². The van der Waals surface area contributed by atoms with Crippen molar-refractivity contribution in [2.45, 2.75) is 46.8 Å². The fraction of sp³-hybridized carbons (Fsp3) is 0.333. The average Bonchev–Trinajstić information content (AvgIpc) is 3.16. The molecule has 0 atom stereocenters. The van der Waals surface area contributed by atoms with Crippen LogP contribution in [0.4, 0.5) is 4.39 Å². The van der Waals surface area contributed by atoms with Crippen LogP contribution >= 0.6 is 0 Å². The summed E-state index contributed by atoms with van der Waals surface area (Å²) in [6, 6.07) is 13.1. The Bertz CT molecular complexity index is 995. The van der Waals surface area contributed by atoms with E-state index in [1.54, 1.807) is 23.0 Å². The van der Waals surface area contributed by atoms with Gasteiger partial charge in [-0.2, -0.15) is 0 Å². The van der Waals surface area contributed by atoms with E-state index in [0.717, 1.165) is 13.1 Å². The maximum atomic E-state index is 14.5. The maximum absolute atomic E-state index is 14.5. The molecule has 158 valence electrons. The summed E-state index contributed by atoms with van der Waals surface area (Å²) in [6.07, 6.45) is 3.36. The van der Waals surface area contributed by atoms with E-state index in [1.165, 1.54) is 11.6 Å². The number of halogens is 1. The summed E-state index contributed by atoms with van der Waals surface area (Å²) in [5.74, 6) is 0.194. The first-order chi connectivity index (χ1) is 14.4. The standard InChI is InChI=1S/C24H29FN4O/c1-5-28(17(2)3)16-19-6-9-21(10-7-19)24(30)27-15-20-8-11-23(22(25)14-20)29-13-12-26-18(29)4/h6-14,17H,5,15-16H2,1-4H3,(H,27,30). The van der Waals surface area contributed by atoms with Gasteiger partial charge < -0.3 is 9.88 Å². The van der Waals surface area contributed by atoms with Crippen molar-refractivity contribution in [3.8, 4) is 5.69 Å². The summed E-state index contributed by atoms with van der Waals surface area (Å²) in [5.41, 5.74) is 2.92. The molecule has 0 fully saturated rings. The van der Waals surface area contributed by atoms with Crippen LogP contribution in [0.15, 0.2) is 54.9 Å². The topological polar surface area (TPSA) is 50.2 Å². The summed E-state index contributed by atoms with van der Waals surface area (Å²) in [4.78, 5) is 19.0. The van der Waals surface area contributed by atoms with E-state index in [0.29, 0.717) is 28.7 Å². The van der Waals surface area contributed by atoms with Gasteiger partial charge in [0.1, 0.15) is 11.6 Å². The minimum absolute atomic E-state index is 0.173. The lowest BCUT2D eigenvalue weighted by atomic mass is 10.1. The van der Waals surface area contributed by atoms with Crippen molar-refractivity contribution < 1.29 is 9.18 Å². The highest BCUT2D eigenvalue weighted by Gasteiger charge is 2.11. The Kier molecular flexibility index (Phi) is 7.00. The number of carbonyl (C=O) groups excluding carboxylic acids is 1. The third kappa shape index (κ3) is 5.13. The molecule has 2 aromatic carbocycles. The lowest BCUT2D eigenvalue weighted by Crippen LogP contribution is -2.30. The Hall–Kier alpha value is -2.99. The van der Waals surface area contributed by atoms with Crippen LogP contribution in [0.5, 0.6) is 0 Å². The number of amides is 1. The molecule has 3 aromatic rings. The van der Waals surface area contributed by atoms with Gasteiger partial charge in [-0.05, 0) is 62.7 Å². The number of aryl methyl sites for hydroxylation is 1. The number of hydrogen-bond acceptors (Lipinski definition) is 3. The van der Waals surface area contributed by atoms with Crippen LogP contribution in [-0.4, -0.2) is 32.9 Å². The molecule has 6 heteroatoms. The Morgan fingerprint density at radius 3 is 2.43 bits per heavy atom. The van der Waals surface area contributed by atoms with Crippen LogP contribution < -0.4 is 5.32 Å². The molecule has 0 spiro atoms. The molecule has 30 heavy (non-hydrogen) atoms. The van der Waals surface area contributed by atoms with E-state index in [1.807, 2.05) is 37.3 Å². The molecule has 0 saturated carbocycles. The van der Waals surface area contributed by atoms with Gasteiger partial charge in [0, 0.05) is 37.1 Å². The second-order valence-corrected chi connectivity index (χ2v) is 7.67. The zero-order valence-electron chi connectivity index (χ0n) is 18.0. The summed E-state index contributed by atoms with van der Waals surface area (Å²) in [6.45, 7) is 10.4. The molecule has 1 aromatic heterocycles. The molecule has 0 bridgehead atoms. The van der Waals surface area contributed by atoms with Crippen molar-refractivity contribution in [2.24, 2.45) is 0 Å². The van der Waals surface area contributed by atoms with Crippen LogP contribution in [0.25, 0.3) is 5.69 Å². The van der Waals surface area contributed by atoms with Gasteiger partial charge in [0.05, 0.1) is 5.69 Å². The molecule has 0 unspecified atom stereocenters. The first-order valence-electron chi connectivity index (χ1n) is 10.3. The molecule has 0 radical (unpaired) electrons. The second-order valence-electron chi connectivity index (χ2n) is 7.67. The molecule has 0 saturated heterocycles. The first kappa shape index (κ1) is 21.7. The lowest BCUT2D eigenvalue weighted by molar-refractivity contribution is 0.0951. The second kappa shape index (κ2) is 9.67. The largest absolute Gasteiger partial charge is 0.348 e. The highest BCUT2D eigenvalue weighted by atomic mass is 19.1. The van der Waals surface area contributed by atoms with Gasteiger partial charge in [0.2, 0.25) is 0 Å². The van der Waals surface area contributed by atoms with Crippen molar-refractivity contribution in [3.63, 3.8) is 0 Å². The monoisotopic (exact) mass is 408 g/mol. The molecular weight excluding hydrogens is 379 g/mol. The number of imidazole rings is 1. The Labute approximate surface area is 177 Å². The molecule has 0 aliphatic rings. The fourth-order valence-corrected chi connectivity index (χ4v) is 3.43. The Balaban J connectivity index is 1.60. The number of benzene rings is 2. The number of carbonyl (C=O) groups is 1. The van der Waals surface area contributed by atoms with Crippen LogP contribution in [0.2, 0.25) is 0 Å². The highest BCUT2D eigenvalue weighted by Crippen LogP contribution is 2.17. The fourth-order valence-electron chi connectivity index (χ4n) is 3.43. The Morgan fingerprint density at radius 1 is 1.17 bits per heavy atom. The third-order valence-corrected chi connectivity index (χ3v) is 5.29. The molecule has 0 aliphatic heterocycles. The van der Waals surface area contributed by atoms with E-state index in [4.69, 9.17) is 0 Å². The minimum atomic E-state index is -0.349. The van der Waals surface area contributed by atoms with E-state index in [2.05, 4.69) is 36.0 Å². The number of aromatic nitrogens is 2. The number of nitrogens with one attached hydrogen (secondary N) is 1. The van der Waals surface area contributed by atoms with Crippen molar-refractivity contribution in [1.29, 1.82) is 0 Å². The lowest BCUT2D eigenvalue weighted by Gasteiger charge is -2.24. The maximum Gasteiger partial charge on any atom is 0.251 e. The van der Waals surface area contributed by atoms with Crippen LogP contribution in [-0.2, 0) is 13.1 Å². The van der Waals surface area contributed by atoms with Gasteiger partial charge >= 0.3 is 0 Å². The molecule has 5 nitrogen and oxygen atoms in total. The number of nitrogens with zero attached hydrogens (tertiary/aromatic N) is 3. The first-order valence-corrected chi connectivity index (χ1v) is 10.3. The molecule has 1 N–H and O–H groups in total. The molecule has 0 aliphatic carbocycles. The number of rotatable bonds is 8. The SMILES string of the molecule is CCN(Cc1ccc(C(=O)NCc2ccc(-n3ccnc3C)c(F)c2)cc1)C(C)C. The third-order valence-electron chi connectivity index (χ3n) is 5.29. The zero-order valence-corrected chi connectivity index (χ0v) is 18.0. The number of hydrogen-bond donors (Lipinski definition) is 1. The quantitative estimate of drug-likeness (QED) is 0.598. The predicted molar refractivity (Wildman–Crippen MR) is 117 cm³/mol. The van der Waals surface area contributed by atoms with Crippen molar-refractivity contribution in [2.75, 3.05) is 6.54 Å². The van der Waals surface area contributed by atoms with Gasteiger partial charge in [-0.25, -0.2) is 9.37 Å². The summed E-state index contributed by atoms with van der Waals surface area (Å²) >= 11 is 0. The van der Waals surface area contributed by atoms with Gasteiger partial charge in [0.25, 0.3) is 5.91 Å². The summed E-state index contributed by atoms with van der Waals surface area (Å²) in [7, 11) is 0. The summed E-state index contributed by atoms with van der Waals surface area (Å²) < 4.78 is 16.2. The van der Waals surface area contributed by atoms with E-state index < -0.39 is 0 Å². The molecular formula is C24H29FN4O. The van der Waals surface area contributed by atoms with Crippen LogP contribution in [0.3, 0.4) is 0 Å². The van der Waals surface area contributed by atoms with Crippen LogP contribution in [0.1, 0.15) is 48.1 Å². The summed E-state index contributed by atoms with van der Waals surface area (Å²) in [5, 5.41) is 2.86. The minimum Gasteiger partial charge on any atom is -0.348 e.